The lowest BCUT2D eigenvalue weighted by atomic mass is 10.3. The Bertz CT molecular complexity index is 204. The lowest BCUT2D eigenvalue weighted by Gasteiger charge is -2.19. The van der Waals surface area contributed by atoms with E-state index in [9.17, 15) is 0 Å². The summed E-state index contributed by atoms with van der Waals surface area (Å²) in [5.74, 6) is 0. The topological polar surface area (TPSA) is 0 Å². The fourth-order valence-electron chi connectivity index (χ4n) is 1.11. The van der Waals surface area contributed by atoms with Gasteiger partial charge in [-0.05, 0) is 19.4 Å². The third-order valence-corrected chi connectivity index (χ3v) is 6.97. The van der Waals surface area contributed by atoms with Crippen LogP contribution in [-0.2, 0) is 0 Å². The summed E-state index contributed by atoms with van der Waals surface area (Å²) < 4.78 is 0. The Morgan fingerprint density at radius 1 is 1.23 bits per heavy atom. The number of rotatable bonds is 6. The molecule has 0 saturated carbocycles. The molecule has 0 nitrogen and oxygen atoms in total. The minimum Gasteiger partial charge on any atom is -0.106 e. The summed E-state index contributed by atoms with van der Waals surface area (Å²) >= 11 is 0. The van der Waals surface area contributed by atoms with Crippen LogP contribution in [0.4, 0.5) is 0 Å². The van der Waals surface area contributed by atoms with Crippen LogP contribution in [0.1, 0.15) is 13.3 Å². The molecule has 0 heterocycles. The molecular formula is C11H20Si2. The van der Waals surface area contributed by atoms with Gasteiger partial charge in [0, 0.05) is 10.2 Å². The van der Waals surface area contributed by atoms with E-state index < -0.39 is 8.07 Å². The maximum Gasteiger partial charge on any atom is 0.124 e. The third-order valence-electron chi connectivity index (χ3n) is 2.59. The van der Waals surface area contributed by atoms with E-state index in [4.69, 9.17) is 0 Å². The first-order valence-electron chi connectivity index (χ1n) is 4.66. The molecule has 72 valence electrons. The molecule has 0 aromatic carbocycles. The normalized spacial score (nSPS) is 12.5. The average molecular weight is 208 g/mol. The van der Waals surface area contributed by atoms with E-state index in [0.29, 0.717) is 0 Å². The molecule has 0 N–H and O–H groups in total. The summed E-state index contributed by atoms with van der Waals surface area (Å²) in [6.07, 6.45) is 1.17. The van der Waals surface area contributed by atoms with Crippen molar-refractivity contribution in [3.8, 4) is 0 Å². The molecular weight excluding hydrogens is 188 g/mol. The molecule has 0 atom stereocenters. The molecule has 0 spiro atoms. The van der Waals surface area contributed by atoms with E-state index in [1.807, 2.05) is 0 Å². The fraction of sp³-hybridized carbons (Fsp3) is 0.273. The molecule has 0 aromatic rings. The van der Waals surface area contributed by atoms with Crippen LogP contribution in [0, 0.1) is 0 Å². The van der Waals surface area contributed by atoms with Gasteiger partial charge in [-0.2, -0.15) is 0 Å². The van der Waals surface area contributed by atoms with Crippen molar-refractivity contribution in [2.75, 3.05) is 0 Å². The van der Waals surface area contributed by atoms with E-state index in [-0.39, 0.29) is 0 Å². The lowest BCUT2D eigenvalue weighted by Crippen LogP contribution is -2.26. The van der Waals surface area contributed by atoms with Gasteiger partial charge in [-0.15, -0.1) is 25.4 Å². The first-order valence-corrected chi connectivity index (χ1v) is 8.26. The van der Waals surface area contributed by atoms with Crippen molar-refractivity contribution in [2.45, 2.75) is 19.4 Å². The van der Waals surface area contributed by atoms with Crippen molar-refractivity contribution in [3.05, 3.63) is 48.1 Å². The largest absolute Gasteiger partial charge is 0.124 e. The third kappa shape index (κ3) is 3.74. The van der Waals surface area contributed by atoms with Gasteiger partial charge in [0.05, 0.1) is 0 Å². The van der Waals surface area contributed by atoms with Crippen LogP contribution in [0.5, 0.6) is 0 Å². The fourth-order valence-corrected chi connectivity index (χ4v) is 3.34. The SMILES string of the molecule is C=C[Si](C=C)(C=C)CCC(C)=C[SiH3]. The van der Waals surface area contributed by atoms with E-state index in [0.717, 1.165) is 10.2 Å². The highest BCUT2D eigenvalue weighted by molar-refractivity contribution is 6.93. The highest BCUT2D eigenvalue weighted by atomic mass is 28.3. The van der Waals surface area contributed by atoms with E-state index >= 15 is 0 Å². The minimum atomic E-state index is -1.53. The summed E-state index contributed by atoms with van der Waals surface area (Å²) in [5, 5.41) is 0. The number of hydrogen-bond donors (Lipinski definition) is 0. The zero-order valence-corrected chi connectivity index (χ0v) is 11.8. The first-order chi connectivity index (χ1) is 6.14. The van der Waals surface area contributed by atoms with Crippen LogP contribution in [0.2, 0.25) is 6.04 Å². The standard InChI is InChI=1S/C11H20Si2/c1-5-13(6-2,7-3)9-8-11(4)10-12/h5-7,10H,1-3,8-9H2,4,12H3. The first kappa shape index (κ1) is 12.4. The summed E-state index contributed by atoms with van der Waals surface area (Å²) in [6.45, 7) is 13.9. The zero-order chi connectivity index (χ0) is 10.3. The van der Waals surface area contributed by atoms with E-state index in [1.165, 1.54) is 18.0 Å². The molecule has 0 bridgehead atoms. The van der Waals surface area contributed by atoms with Gasteiger partial charge in [-0.1, -0.05) is 22.7 Å². The van der Waals surface area contributed by atoms with Crippen LogP contribution in [-0.4, -0.2) is 18.3 Å². The van der Waals surface area contributed by atoms with E-state index in [1.54, 1.807) is 0 Å². The summed E-state index contributed by atoms with van der Waals surface area (Å²) in [6, 6.07) is 1.17. The Morgan fingerprint density at radius 3 is 2.00 bits per heavy atom. The molecule has 0 amide bonds. The Morgan fingerprint density at radius 2 is 1.69 bits per heavy atom. The predicted octanol–water partition coefficient (Wildman–Crippen LogP) is 2.27. The van der Waals surface area contributed by atoms with Gasteiger partial charge in [0.25, 0.3) is 0 Å². The number of hydrogen-bond acceptors (Lipinski definition) is 0. The van der Waals surface area contributed by atoms with Crippen LogP contribution in [0.3, 0.4) is 0 Å². The maximum absolute atomic E-state index is 3.89. The molecule has 0 fully saturated rings. The monoisotopic (exact) mass is 208 g/mol. The summed E-state index contributed by atoms with van der Waals surface area (Å²) in [4.78, 5) is 0. The van der Waals surface area contributed by atoms with E-state index in [2.05, 4.69) is 49.5 Å². The average Bonchev–Trinajstić information content (AvgIpc) is 2.20. The number of allylic oxidation sites excluding steroid dienone is 1. The lowest BCUT2D eigenvalue weighted by molar-refractivity contribution is 1.08. The molecule has 0 aliphatic rings. The van der Waals surface area contributed by atoms with Crippen molar-refractivity contribution in [2.24, 2.45) is 0 Å². The highest BCUT2D eigenvalue weighted by Crippen LogP contribution is 2.19. The van der Waals surface area contributed by atoms with Gasteiger partial charge >= 0.3 is 0 Å². The molecule has 0 unspecified atom stereocenters. The van der Waals surface area contributed by atoms with Crippen LogP contribution in [0.25, 0.3) is 0 Å². The van der Waals surface area contributed by atoms with Crippen LogP contribution >= 0.6 is 0 Å². The molecule has 0 saturated heterocycles. The van der Waals surface area contributed by atoms with Crippen LogP contribution in [0.15, 0.2) is 48.1 Å². The van der Waals surface area contributed by atoms with Crippen molar-refractivity contribution >= 4 is 18.3 Å². The van der Waals surface area contributed by atoms with Gasteiger partial charge in [-0.25, -0.2) is 0 Å². The zero-order valence-electron chi connectivity index (χ0n) is 8.84. The molecule has 0 radical (unpaired) electrons. The van der Waals surface area contributed by atoms with Crippen molar-refractivity contribution in [1.82, 2.24) is 0 Å². The highest BCUT2D eigenvalue weighted by Gasteiger charge is 2.20. The second-order valence-electron chi connectivity index (χ2n) is 3.36. The Labute approximate surface area is 86.2 Å². The molecule has 0 aromatic heterocycles. The van der Waals surface area contributed by atoms with Crippen LogP contribution < -0.4 is 0 Å². The van der Waals surface area contributed by atoms with Gasteiger partial charge in [0.15, 0.2) is 0 Å². The Balaban J connectivity index is 4.35. The molecule has 2 heteroatoms. The quantitative estimate of drug-likeness (QED) is 0.588. The second kappa shape index (κ2) is 5.94. The van der Waals surface area contributed by atoms with Crippen molar-refractivity contribution in [3.63, 3.8) is 0 Å². The molecule has 13 heavy (non-hydrogen) atoms. The smallest absolute Gasteiger partial charge is 0.106 e. The minimum absolute atomic E-state index is 1.15. The van der Waals surface area contributed by atoms with Gasteiger partial charge in [0.2, 0.25) is 0 Å². The molecule has 0 aliphatic heterocycles. The van der Waals surface area contributed by atoms with Gasteiger partial charge in [-0.3, -0.25) is 0 Å². The molecule has 0 aliphatic carbocycles. The van der Waals surface area contributed by atoms with Gasteiger partial charge < -0.3 is 0 Å². The summed E-state index contributed by atoms with van der Waals surface area (Å²) in [5.41, 5.74) is 9.98. The second-order valence-corrected chi connectivity index (χ2v) is 7.89. The van der Waals surface area contributed by atoms with Crippen molar-refractivity contribution < 1.29 is 0 Å². The Hall–Kier alpha value is -0.606. The summed E-state index contributed by atoms with van der Waals surface area (Å²) in [7, 11) is -0.376. The van der Waals surface area contributed by atoms with Gasteiger partial charge in [0.1, 0.15) is 8.07 Å². The predicted molar refractivity (Wildman–Crippen MR) is 69.5 cm³/mol. The molecule has 0 rings (SSSR count). The van der Waals surface area contributed by atoms with Crippen molar-refractivity contribution in [1.29, 1.82) is 0 Å². The Kier molecular flexibility index (Phi) is 5.66. The maximum atomic E-state index is 3.89.